The molecule has 1 saturated heterocycles. The molecule has 6 heteroatoms. The SMILES string of the molecule is O=C(CN1C(=O)CC2(CCCCC2)C1=O)Nc1ccc(Br)cc1. The minimum Gasteiger partial charge on any atom is -0.325 e. The van der Waals surface area contributed by atoms with Gasteiger partial charge in [0.15, 0.2) is 0 Å². The van der Waals surface area contributed by atoms with Gasteiger partial charge in [0.25, 0.3) is 0 Å². The fourth-order valence-electron chi connectivity index (χ4n) is 3.52. The Bertz CT molecular complexity index is 636. The Kier molecular flexibility index (Phi) is 4.53. The van der Waals surface area contributed by atoms with E-state index in [0.717, 1.165) is 41.5 Å². The molecule has 2 fully saturated rings. The number of carbonyl (C=O) groups excluding carboxylic acids is 3. The minimum atomic E-state index is -0.534. The summed E-state index contributed by atoms with van der Waals surface area (Å²) >= 11 is 3.33. The maximum Gasteiger partial charge on any atom is 0.244 e. The van der Waals surface area contributed by atoms with Gasteiger partial charge in [0, 0.05) is 16.6 Å². The molecule has 0 bridgehead atoms. The predicted molar refractivity (Wildman–Crippen MR) is 89.6 cm³/mol. The number of likely N-dealkylation sites (tertiary alicyclic amines) is 1. The maximum atomic E-state index is 12.6. The van der Waals surface area contributed by atoms with Gasteiger partial charge in [0.05, 0.1) is 5.41 Å². The zero-order valence-electron chi connectivity index (χ0n) is 12.8. The second-order valence-corrected chi connectivity index (χ2v) is 7.27. The van der Waals surface area contributed by atoms with Crippen LogP contribution < -0.4 is 5.32 Å². The number of halogens is 1. The molecular weight excluding hydrogens is 360 g/mol. The first-order valence-electron chi connectivity index (χ1n) is 7.90. The first-order valence-corrected chi connectivity index (χ1v) is 8.70. The van der Waals surface area contributed by atoms with E-state index in [9.17, 15) is 14.4 Å². The van der Waals surface area contributed by atoms with E-state index in [0.29, 0.717) is 5.69 Å². The highest BCUT2D eigenvalue weighted by Gasteiger charge is 2.51. The van der Waals surface area contributed by atoms with Gasteiger partial charge < -0.3 is 5.32 Å². The van der Waals surface area contributed by atoms with Crippen LogP contribution in [0.2, 0.25) is 0 Å². The summed E-state index contributed by atoms with van der Waals surface area (Å²) in [6, 6.07) is 7.16. The van der Waals surface area contributed by atoms with Crippen molar-refractivity contribution in [3.63, 3.8) is 0 Å². The first-order chi connectivity index (χ1) is 11.0. The van der Waals surface area contributed by atoms with Crippen molar-refractivity contribution in [3.8, 4) is 0 Å². The van der Waals surface area contributed by atoms with E-state index in [4.69, 9.17) is 0 Å². The lowest BCUT2D eigenvalue weighted by Crippen LogP contribution is -2.41. The number of rotatable bonds is 3. The average molecular weight is 379 g/mol. The summed E-state index contributed by atoms with van der Waals surface area (Å²) in [4.78, 5) is 38.1. The third-order valence-electron chi connectivity index (χ3n) is 4.73. The van der Waals surface area contributed by atoms with E-state index < -0.39 is 5.41 Å². The number of hydrogen-bond acceptors (Lipinski definition) is 3. The van der Waals surface area contributed by atoms with Crippen molar-refractivity contribution in [1.82, 2.24) is 4.90 Å². The van der Waals surface area contributed by atoms with Crippen molar-refractivity contribution in [1.29, 1.82) is 0 Å². The molecule has 3 rings (SSSR count). The first kappa shape index (κ1) is 16.2. The van der Waals surface area contributed by atoms with Crippen LogP contribution in [-0.4, -0.2) is 29.2 Å². The van der Waals surface area contributed by atoms with Gasteiger partial charge in [-0.15, -0.1) is 0 Å². The van der Waals surface area contributed by atoms with E-state index in [1.165, 1.54) is 0 Å². The van der Waals surface area contributed by atoms with Crippen LogP contribution in [0, 0.1) is 5.41 Å². The second kappa shape index (κ2) is 6.43. The quantitative estimate of drug-likeness (QED) is 0.821. The Hall–Kier alpha value is -1.69. The Morgan fingerprint density at radius 1 is 1.13 bits per heavy atom. The van der Waals surface area contributed by atoms with Crippen molar-refractivity contribution in [2.45, 2.75) is 38.5 Å². The largest absolute Gasteiger partial charge is 0.325 e. The molecule has 1 aliphatic carbocycles. The van der Waals surface area contributed by atoms with Gasteiger partial charge in [-0.1, -0.05) is 35.2 Å². The van der Waals surface area contributed by atoms with Crippen LogP contribution >= 0.6 is 15.9 Å². The lowest BCUT2D eigenvalue weighted by Gasteiger charge is -2.30. The molecule has 1 spiro atoms. The average Bonchev–Trinajstić information content (AvgIpc) is 2.75. The lowest BCUT2D eigenvalue weighted by atomic mass is 9.73. The predicted octanol–water partition coefficient (Wildman–Crippen LogP) is 3.10. The molecule has 1 saturated carbocycles. The molecule has 1 N–H and O–H groups in total. The third kappa shape index (κ3) is 3.32. The number of carbonyl (C=O) groups is 3. The smallest absolute Gasteiger partial charge is 0.244 e. The molecule has 0 aromatic heterocycles. The Labute approximate surface area is 143 Å². The maximum absolute atomic E-state index is 12.6. The molecule has 23 heavy (non-hydrogen) atoms. The fourth-order valence-corrected chi connectivity index (χ4v) is 3.78. The van der Waals surface area contributed by atoms with Crippen LogP contribution in [0.1, 0.15) is 38.5 Å². The Morgan fingerprint density at radius 3 is 2.43 bits per heavy atom. The number of amides is 3. The van der Waals surface area contributed by atoms with Crippen molar-refractivity contribution in [3.05, 3.63) is 28.7 Å². The van der Waals surface area contributed by atoms with E-state index in [-0.39, 0.29) is 30.7 Å². The lowest BCUT2D eigenvalue weighted by molar-refractivity contribution is -0.144. The topological polar surface area (TPSA) is 66.5 Å². The molecule has 0 atom stereocenters. The van der Waals surface area contributed by atoms with Crippen molar-refractivity contribution in [2.24, 2.45) is 5.41 Å². The molecule has 1 heterocycles. The minimum absolute atomic E-state index is 0.159. The van der Waals surface area contributed by atoms with E-state index in [2.05, 4.69) is 21.2 Å². The van der Waals surface area contributed by atoms with Gasteiger partial charge in [-0.25, -0.2) is 0 Å². The van der Waals surface area contributed by atoms with Crippen molar-refractivity contribution in [2.75, 3.05) is 11.9 Å². The highest BCUT2D eigenvalue weighted by molar-refractivity contribution is 9.10. The van der Waals surface area contributed by atoms with E-state index >= 15 is 0 Å². The number of nitrogens with zero attached hydrogens (tertiary/aromatic N) is 1. The second-order valence-electron chi connectivity index (χ2n) is 6.36. The summed E-state index contributed by atoms with van der Waals surface area (Å²) in [6.45, 7) is -0.199. The van der Waals surface area contributed by atoms with Gasteiger partial charge in [-0.2, -0.15) is 0 Å². The van der Waals surface area contributed by atoms with Crippen molar-refractivity contribution >= 4 is 39.3 Å². The molecule has 5 nitrogen and oxygen atoms in total. The normalized spacial score (nSPS) is 20.1. The summed E-state index contributed by atoms with van der Waals surface area (Å²) in [6.07, 6.45) is 4.88. The number of anilines is 1. The summed E-state index contributed by atoms with van der Waals surface area (Å²) in [5.41, 5.74) is 0.109. The van der Waals surface area contributed by atoms with E-state index in [1.54, 1.807) is 12.1 Å². The molecule has 1 aromatic rings. The Morgan fingerprint density at radius 2 is 1.78 bits per heavy atom. The van der Waals surface area contributed by atoms with Crippen LogP contribution in [0.5, 0.6) is 0 Å². The monoisotopic (exact) mass is 378 g/mol. The summed E-state index contributed by atoms with van der Waals surface area (Å²) in [5.74, 6) is -0.724. The van der Waals surface area contributed by atoms with Gasteiger partial charge in [0.1, 0.15) is 6.54 Å². The van der Waals surface area contributed by atoms with E-state index in [1.807, 2.05) is 12.1 Å². The number of hydrogen-bond donors (Lipinski definition) is 1. The summed E-state index contributed by atoms with van der Waals surface area (Å²) in [5, 5.41) is 2.72. The van der Waals surface area contributed by atoms with Crippen LogP contribution in [0.4, 0.5) is 5.69 Å². The van der Waals surface area contributed by atoms with Gasteiger partial charge >= 0.3 is 0 Å². The molecule has 1 aliphatic heterocycles. The van der Waals surface area contributed by atoms with Crippen molar-refractivity contribution < 1.29 is 14.4 Å². The number of nitrogens with one attached hydrogen (secondary N) is 1. The summed E-state index contributed by atoms with van der Waals surface area (Å²) in [7, 11) is 0. The highest BCUT2D eigenvalue weighted by Crippen LogP contribution is 2.45. The zero-order valence-corrected chi connectivity index (χ0v) is 14.4. The zero-order chi connectivity index (χ0) is 16.4. The van der Waals surface area contributed by atoms with Crippen LogP contribution in [0.3, 0.4) is 0 Å². The summed E-state index contributed by atoms with van der Waals surface area (Å²) < 4.78 is 0.916. The fraction of sp³-hybridized carbons (Fsp3) is 0.471. The van der Waals surface area contributed by atoms with Crippen LogP contribution in [-0.2, 0) is 14.4 Å². The molecule has 0 unspecified atom stereocenters. The highest BCUT2D eigenvalue weighted by atomic mass is 79.9. The van der Waals surface area contributed by atoms with Gasteiger partial charge in [0.2, 0.25) is 17.7 Å². The standard InChI is InChI=1S/C17H19BrN2O3/c18-12-4-6-13(7-5-12)19-14(21)11-20-15(22)10-17(16(20)23)8-2-1-3-9-17/h4-7H,1-3,8-11H2,(H,19,21). The number of imide groups is 1. The molecule has 3 amide bonds. The number of benzene rings is 1. The van der Waals surface area contributed by atoms with Crippen LogP contribution in [0.25, 0.3) is 0 Å². The molecular formula is C17H19BrN2O3. The molecule has 122 valence electrons. The van der Waals surface area contributed by atoms with Gasteiger partial charge in [-0.3, -0.25) is 19.3 Å². The van der Waals surface area contributed by atoms with Gasteiger partial charge in [-0.05, 0) is 37.1 Å². The molecule has 0 radical (unpaired) electrons. The molecule has 1 aromatic carbocycles. The Balaban J connectivity index is 1.65. The third-order valence-corrected chi connectivity index (χ3v) is 5.26. The molecule has 2 aliphatic rings. The van der Waals surface area contributed by atoms with Crippen LogP contribution in [0.15, 0.2) is 28.7 Å².